The first-order chi connectivity index (χ1) is 21.8. The van der Waals surface area contributed by atoms with E-state index < -0.39 is 0 Å². The van der Waals surface area contributed by atoms with Crippen molar-refractivity contribution in [3.63, 3.8) is 0 Å². The Morgan fingerprint density at radius 1 is 0.455 bits per heavy atom. The topological polar surface area (TPSA) is 26.0 Å². The number of thiophene rings is 1. The third-order valence-electron chi connectivity index (χ3n) is 9.05. The highest BCUT2D eigenvalue weighted by Gasteiger charge is 2.19. The Balaban J connectivity index is 1.28. The Labute approximate surface area is 256 Å². The third kappa shape index (κ3) is 3.39. The summed E-state index contributed by atoms with van der Waals surface area (Å²) in [7, 11) is 0. The predicted molar refractivity (Wildman–Crippen MR) is 188 cm³/mol. The minimum absolute atomic E-state index is 0.893. The number of para-hydroxylation sites is 1. The van der Waals surface area contributed by atoms with Gasteiger partial charge in [0.25, 0.3) is 0 Å². The molecule has 3 heterocycles. The number of benzene rings is 7. The lowest BCUT2D eigenvalue weighted by Crippen LogP contribution is -1.91. The Morgan fingerprint density at radius 2 is 1.16 bits per heavy atom. The van der Waals surface area contributed by atoms with Crippen LogP contribution in [0.25, 0.3) is 96.9 Å². The van der Waals surface area contributed by atoms with Gasteiger partial charge in [-0.05, 0) is 64.4 Å². The van der Waals surface area contributed by atoms with Crippen LogP contribution in [-0.4, -0.2) is 4.98 Å². The second-order valence-electron chi connectivity index (χ2n) is 11.5. The molecule has 204 valence electrons. The van der Waals surface area contributed by atoms with E-state index in [-0.39, 0.29) is 0 Å². The summed E-state index contributed by atoms with van der Waals surface area (Å²) >= 11 is 1.86. The molecule has 10 aromatic rings. The number of nitrogens with zero attached hydrogens (tertiary/aromatic N) is 1. The largest absolute Gasteiger partial charge is 0.456 e. The zero-order chi connectivity index (χ0) is 28.8. The molecule has 0 aliphatic rings. The Hall–Kier alpha value is -5.51. The smallest absolute Gasteiger partial charge is 0.136 e. The highest BCUT2D eigenvalue weighted by Crippen LogP contribution is 2.44. The van der Waals surface area contributed by atoms with Crippen LogP contribution in [0.4, 0.5) is 0 Å². The van der Waals surface area contributed by atoms with Gasteiger partial charge in [-0.2, -0.15) is 0 Å². The highest BCUT2D eigenvalue weighted by molar-refractivity contribution is 7.25. The minimum atomic E-state index is 0.893. The first kappa shape index (κ1) is 24.0. The average molecular weight is 578 g/mol. The van der Waals surface area contributed by atoms with Crippen LogP contribution >= 0.6 is 11.3 Å². The van der Waals surface area contributed by atoms with E-state index in [1.54, 1.807) is 0 Å². The zero-order valence-electron chi connectivity index (χ0n) is 23.5. The molecule has 44 heavy (non-hydrogen) atoms. The van der Waals surface area contributed by atoms with Crippen LogP contribution in [-0.2, 0) is 0 Å². The van der Waals surface area contributed by atoms with E-state index in [2.05, 4.69) is 140 Å². The van der Waals surface area contributed by atoms with Crippen molar-refractivity contribution in [1.82, 2.24) is 4.98 Å². The van der Waals surface area contributed by atoms with E-state index >= 15 is 0 Å². The van der Waals surface area contributed by atoms with Gasteiger partial charge in [0, 0.05) is 52.7 Å². The minimum Gasteiger partial charge on any atom is -0.456 e. The van der Waals surface area contributed by atoms with Gasteiger partial charge in [-0.25, -0.2) is 4.98 Å². The van der Waals surface area contributed by atoms with Crippen molar-refractivity contribution in [3.05, 3.63) is 140 Å². The molecule has 0 aliphatic heterocycles. The number of fused-ring (bicyclic) bond motifs is 11. The molecule has 0 saturated carbocycles. The average Bonchev–Trinajstić information content (AvgIpc) is 3.65. The number of furan rings is 1. The van der Waals surface area contributed by atoms with Gasteiger partial charge in [-0.15, -0.1) is 11.3 Å². The lowest BCUT2D eigenvalue weighted by molar-refractivity contribution is 0.669. The van der Waals surface area contributed by atoms with Gasteiger partial charge in [0.2, 0.25) is 0 Å². The van der Waals surface area contributed by atoms with Crippen molar-refractivity contribution in [2.45, 2.75) is 0 Å². The molecule has 0 N–H and O–H groups in total. The third-order valence-corrected chi connectivity index (χ3v) is 10.2. The molecule has 3 aromatic heterocycles. The molecule has 0 aliphatic carbocycles. The standard InChI is InChI=1S/C41H23NOS/c1-2-10-27-24(8-1)9-7-13-30(27)41-32-19-21-36-40(39(32)31-12-3-5-14-34(31)42-41)33-22-25(17-20-35(33)43-36)26-16-18-29-28-11-4-6-15-37(28)44-38(29)23-26/h1-23H. The number of hydrogen-bond acceptors (Lipinski definition) is 3. The molecule has 0 radical (unpaired) electrons. The fourth-order valence-corrected chi connectivity index (χ4v) is 8.18. The summed E-state index contributed by atoms with van der Waals surface area (Å²) in [6.45, 7) is 0. The summed E-state index contributed by atoms with van der Waals surface area (Å²) in [6, 6.07) is 50.0. The van der Waals surface area contributed by atoms with Gasteiger partial charge in [0.15, 0.2) is 0 Å². The maximum absolute atomic E-state index is 6.51. The van der Waals surface area contributed by atoms with E-state index in [4.69, 9.17) is 9.40 Å². The molecule has 2 nitrogen and oxygen atoms in total. The van der Waals surface area contributed by atoms with Crippen molar-refractivity contribution < 1.29 is 4.42 Å². The molecular formula is C41H23NOS. The summed E-state index contributed by atoms with van der Waals surface area (Å²) in [5, 5.41) is 10.8. The monoisotopic (exact) mass is 577 g/mol. The molecular weight excluding hydrogens is 555 g/mol. The van der Waals surface area contributed by atoms with Crippen molar-refractivity contribution >= 4 is 85.9 Å². The Morgan fingerprint density at radius 3 is 2.11 bits per heavy atom. The summed E-state index contributed by atoms with van der Waals surface area (Å²) < 4.78 is 9.14. The molecule has 0 atom stereocenters. The fraction of sp³-hybridized carbons (Fsp3) is 0. The summed E-state index contributed by atoms with van der Waals surface area (Å²) in [5.74, 6) is 0. The normalized spacial score (nSPS) is 12.1. The van der Waals surface area contributed by atoms with Gasteiger partial charge in [-0.1, -0.05) is 97.1 Å². The van der Waals surface area contributed by atoms with Gasteiger partial charge >= 0.3 is 0 Å². The second kappa shape index (κ2) is 9.00. The Bertz CT molecular complexity index is 2780. The number of aromatic nitrogens is 1. The van der Waals surface area contributed by atoms with Crippen molar-refractivity contribution in [1.29, 1.82) is 0 Å². The maximum Gasteiger partial charge on any atom is 0.136 e. The SMILES string of the molecule is c1ccc2c(-c3nc4ccccc4c4c3ccc3oc5ccc(-c6ccc7c(c6)sc6ccccc67)cc5c34)cccc2c1. The van der Waals surface area contributed by atoms with E-state index in [0.29, 0.717) is 0 Å². The predicted octanol–water partition coefficient (Wildman–Crippen LogP) is 12.1. The fourth-order valence-electron chi connectivity index (χ4n) is 7.03. The summed E-state index contributed by atoms with van der Waals surface area (Å²) in [4.78, 5) is 5.28. The molecule has 0 spiro atoms. The van der Waals surface area contributed by atoms with Crippen LogP contribution in [0.1, 0.15) is 0 Å². The number of pyridine rings is 1. The lowest BCUT2D eigenvalue weighted by atomic mass is 9.93. The first-order valence-corrected chi connectivity index (χ1v) is 15.7. The molecule has 7 aromatic carbocycles. The van der Waals surface area contributed by atoms with Crippen LogP contribution in [0.15, 0.2) is 144 Å². The number of rotatable bonds is 2. The molecule has 0 saturated heterocycles. The number of hydrogen-bond donors (Lipinski definition) is 0. The van der Waals surface area contributed by atoms with Crippen molar-refractivity contribution in [3.8, 4) is 22.4 Å². The molecule has 10 rings (SSSR count). The van der Waals surface area contributed by atoms with E-state index in [9.17, 15) is 0 Å². The van der Waals surface area contributed by atoms with Gasteiger partial charge < -0.3 is 4.42 Å². The van der Waals surface area contributed by atoms with E-state index in [1.165, 1.54) is 47.5 Å². The van der Waals surface area contributed by atoms with Crippen LogP contribution in [0, 0.1) is 0 Å². The second-order valence-corrected chi connectivity index (χ2v) is 12.6. The van der Waals surface area contributed by atoms with Crippen LogP contribution in [0.5, 0.6) is 0 Å². The molecule has 3 heteroatoms. The van der Waals surface area contributed by atoms with Crippen LogP contribution in [0.2, 0.25) is 0 Å². The van der Waals surface area contributed by atoms with Crippen molar-refractivity contribution in [2.75, 3.05) is 0 Å². The molecule has 0 amide bonds. The Kier molecular flexibility index (Phi) is 4.90. The lowest BCUT2D eigenvalue weighted by Gasteiger charge is -2.13. The van der Waals surface area contributed by atoms with E-state index in [0.717, 1.165) is 49.5 Å². The van der Waals surface area contributed by atoms with Crippen LogP contribution in [0.3, 0.4) is 0 Å². The molecule has 0 bridgehead atoms. The maximum atomic E-state index is 6.51. The first-order valence-electron chi connectivity index (χ1n) is 14.9. The van der Waals surface area contributed by atoms with Gasteiger partial charge in [0.05, 0.1) is 11.2 Å². The van der Waals surface area contributed by atoms with Crippen molar-refractivity contribution in [2.24, 2.45) is 0 Å². The molecule has 0 fully saturated rings. The summed E-state index contributed by atoms with van der Waals surface area (Å²) in [6.07, 6.45) is 0. The van der Waals surface area contributed by atoms with E-state index in [1.807, 2.05) is 11.3 Å². The van der Waals surface area contributed by atoms with Gasteiger partial charge in [-0.3, -0.25) is 0 Å². The quantitative estimate of drug-likeness (QED) is 0.191. The highest BCUT2D eigenvalue weighted by atomic mass is 32.1. The van der Waals surface area contributed by atoms with Crippen LogP contribution < -0.4 is 0 Å². The van der Waals surface area contributed by atoms with Gasteiger partial charge in [0.1, 0.15) is 11.2 Å². The summed E-state index contributed by atoms with van der Waals surface area (Å²) in [5.41, 5.74) is 7.31. The molecule has 0 unspecified atom stereocenters. The zero-order valence-corrected chi connectivity index (χ0v) is 24.4.